The van der Waals surface area contributed by atoms with Gasteiger partial charge in [0.15, 0.2) is 0 Å². The van der Waals surface area contributed by atoms with E-state index in [4.69, 9.17) is 17.3 Å². The second-order valence-corrected chi connectivity index (χ2v) is 9.83. The largest absolute Gasteiger partial charge is 0.355 e. The minimum Gasteiger partial charge on any atom is -0.355 e. The van der Waals surface area contributed by atoms with E-state index < -0.39 is 0 Å². The first-order valence-electron chi connectivity index (χ1n) is 11.6. The third-order valence-electron chi connectivity index (χ3n) is 5.81. The number of amides is 1. The maximum atomic E-state index is 12.1. The summed E-state index contributed by atoms with van der Waals surface area (Å²) in [7, 11) is 0. The standard InChI is InChI=1S/C27H33ClN4OS/c1-19-18-30-14-12-24(19)23-8-4-7-22(17-23)21(3)32(16-6-11-27(33)31-15-13-29)34-26-10-5-9-25(28)20(26)2/h4-5,7-10,12,14,17-18,21H,6,11,13,15-16,29H2,1-3H3,(H,31,33). The highest BCUT2D eigenvalue weighted by Gasteiger charge is 2.20. The van der Waals surface area contributed by atoms with Gasteiger partial charge in [0.05, 0.1) is 0 Å². The van der Waals surface area contributed by atoms with E-state index in [1.165, 1.54) is 16.7 Å². The van der Waals surface area contributed by atoms with Crippen molar-refractivity contribution in [3.63, 3.8) is 0 Å². The van der Waals surface area contributed by atoms with E-state index in [9.17, 15) is 4.79 Å². The number of halogens is 1. The lowest BCUT2D eigenvalue weighted by molar-refractivity contribution is -0.121. The molecule has 0 aliphatic rings. The molecule has 0 bridgehead atoms. The smallest absolute Gasteiger partial charge is 0.220 e. The van der Waals surface area contributed by atoms with E-state index in [1.807, 2.05) is 31.5 Å². The van der Waals surface area contributed by atoms with Gasteiger partial charge in [-0.05, 0) is 91.2 Å². The molecule has 0 aliphatic carbocycles. The van der Waals surface area contributed by atoms with Gasteiger partial charge in [-0.2, -0.15) is 0 Å². The van der Waals surface area contributed by atoms with Crippen LogP contribution in [0.15, 0.2) is 65.8 Å². The van der Waals surface area contributed by atoms with Gasteiger partial charge in [-0.3, -0.25) is 9.78 Å². The number of benzene rings is 2. The van der Waals surface area contributed by atoms with Gasteiger partial charge >= 0.3 is 0 Å². The van der Waals surface area contributed by atoms with Gasteiger partial charge in [0.1, 0.15) is 0 Å². The van der Waals surface area contributed by atoms with Crippen molar-refractivity contribution in [2.24, 2.45) is 5.73 Å². The Morgan fingerprint density at radius 2 is 2.00 bits per heavy atom. The van der Waals surface area contributed by atoms with Gasteiger partial charge in [0.25, 0.3) is 0 Å². The Bertz CT molecular complexity index is 1110. The molecule has 34 heavy (non-hydrogen) atoms. The third kappa shape index (κ3) is 7.06. The number of nitrogens with two attached hydrogens (primary N) is 1. The van der Waals surface area contributed by atoms with Crippen LogP contribution in [0.25, 0.3) is 11.1 Å². The molecule has 1 atom stereocenters. The molecule has 3 N–H and O–H groups in total. The Morgan fingerprint density at radius 3 is 2.76 bits per heavy atom. The first kappa shape index (κ1) is 26.2. The fraction of sp³-hybridized carbons (Fsp3) is 0.333. The van der Waals surface area contributed by atoms with Crippen molar-refractivity contribution < 1.29 is 4.79 Å². The number of aryl methyl sites for hydroxylation is 1. The molecule has 180 valence electrons. The van der Waals surface area contributed by atoms with Crippen molar-refractivity contribution in [1.82, 2.24) is 14.6 Å². The molecule has 1 amide bonds. The molecule has 7 heteroatoms. The maximum absolute atomic E-state index is 12.1. The second-order valence-electron chi connectivity index (χ2n) is 8.33. The Hall–Kier alpha value is -2.38. The lowest BCUT2D eigenvalue weighted by atomic mass is 9.98. The molecule has 1 heterocycles. The van der Waals surface area contributed by atoms with Crippen LogP contribution < -0.4 is 11.1 Å². The molecule has 5 nitrogen and oxygen atoms in total. The van der Waals surface area contributed by atoms with Crippen molar-refractivity contribution in [2.75, 3.05) is 19.6 Å². The Kier molecular flexibility index (Phi) is 9.96. The predicted molar refractivity (Wildman–Crippen MR) is 143 cm³/mol. The topological polar surface area (TPSA) is 71.2 Å². The zero-order chi connectivity index (χ0) is 24.5. The number of carbonyl (C=O) groups is 1. The molecule has 2 aromatic carbocycles. The van der Waals surface area contributed by atoms with Gasteiger partial charge in [-0.1, -0.05) is 35.9 Å². The Morgan fingerprint density at radius 1 is 1.21 bits per heavy atom. The van der Waals surface area contributed by atoms with Gasteiger partial charge in [0, 0.05) is 54.4 Å². The number of pyridine rings is 1. The molecule has 0 fully saturated rings. The zero-order valence-electron chi connectivity index (χ0n) is 20.1. The number of hydrogen-bond acceptors (Lipinski definition) is 5. The van der Waals surface area contributed by atoms with E-state index >= 15 is 0 Å². The number of rotatable bonds is 11. The minimum atomic E-state index is 0.0390. The van der Waals surface area contributed by atoms with Crippen LogP contribution in [0.2, 0.25) is 5.02 Å². The molecule has 3 aromatic rings. The third-order valence-corrected chi connectivity index (χ3v) is 7.60. The molecule has 1 aromatic heterocycles. The summed E-state index contributed by atoms with van der Waals surface area (Å²) < 4.78 is 2.34. The molecular weight excluding hydrogens is 464 g/mol. The van der Waals surface area contributed by atoms with Gasteiger partial charge in [0.2, 0.25) is 5.91 Å². The molecule has 0 saturated heterocycles. The Labute approximate surface area is 212 Å². The summed E-state index contributed by atoms with van der Waals surface area (Å²) >= 11 is 8.09. The van der Waals surface area contributed by atoms with Crippen LogP contribution >= 0.6 is 23.5 Å². The number of carbonyl (C=O) groups excluding carboxylic acids is 1. The highest BCUT2D eigenvalue weighted by molar-refractivity contribution is 7.97. The van der Waals surface area contributed by atoms with Crippen LogP contribution in [0.4, 0.5) is 0 Å². The molecular formula is C27H33ClN4OS. The van der Waals surface area contributed by atoms with Gasteiger partial charge in [-0.15, -0.1) is 0 Å². The van der Waals surface area contributed by atoms with Crippen LogP contribution in [0.5, 0.6) is 0 Å². The SMILES string of the molecule is Cc1cnccc1-c1cccc(C(C)N(CCCC(=O)NCCN)Sc2cccc(Cl)c2C)c1. The van der Waals surface area contributed by atoms with E-state index in [0.717, 1.165) is 34.0 Å². The molecule has 1 unspecified atom stereocenters. The molecule has 3 rings (SSSR count). The van der Waals surface area contributed by atoms with Crippen LogP contribution in [-0.4, -0.2) is 34.8 Å². The first-order valence-corrected chi connectivity index (χ1v) is 12.7. The van der Waals surface area contributed by atoms with Gasteiger partial charge in [-0.25, -0.2) is 4.31 Å². The van der Waals surface area contributed by atoms with Crippen LogP contribution in [-0.2, 0) is 4.79 Å². The summed E-state index contributed by atoms with van der Waals surface area (Å²) in [5.74, 6) is 0.0390. The van der Waals surface area contributed by atoms with Crippen molar-refractivity contribution in [3.8, 4) is 11.1 Å². The van der Waals surface area contributed by atoms with Crippen molar-refractivity contribution in [3.05, 3.63) is 82.6 Å². The Balaban J connectivity index is 1.83. The average molecular weight is 497 g/mol. The summed E-state index contributed by atoms with van der Waals surface area (Å²) in [6, 6.07) is 16.8. The second kappa shape index (κ2) is 12.9. The summed E-state index contributed by atoms with van der Waals surface area (Å²) in [6.07, 6.45) is 4.94. The lowest BCUT2D eigenvalue weighted by Gasteiger charge is -2.29. The molecule has 0 radical (unpaired) electrons. The molecule has 0 spiro atoms. The summed E-state index contributed by atoms with van der Waals surface area (Å²) in [5, 5.41) is 3.61. The van der Waals surface area contributed by atoms with E-state index in [1.54, 1.807) is 11.9 Å². The van der Waals surface area contributed by atoms with Crippen molar-refractivity contribution in [1.29, 1.82) is 0 Å². The maximum Gasteiger partial charge on any atom is 0.220 e. The number of aromatic nitrogens is 1. The van der Waals surface area contributed by atoms with Gasteiger partial charge < -0.3 is 11.1 Å². The van der Waals surface area contributed by atoms with Crippen LogP contribution in [0.1, 0.15) is 42.5 Å². The zero-order valence-corrected chi connectivity index (χ0v) is 21.6. The summed E-state index contributed by atoms with van der Waals surface area (Å²) in [5.41, 5.74) is 11.3. The van der Waals surface area contributed by atoms with E-state index in [-0.39, 0.29) is 11.9 Å². The number of nitrogens with zero attached hydrogens (tertiary/aromatic N) is 2. The monoisotopic (exact) mass is 496 g/mol. The minimum absolute atomic E-state index is 0.0390. The highest BCUT2D eigenvalue weighted by atomic mass is 35.5. The predicted octanol–water partition coefficient (Wildman–Crippen LogP) is 5.94. The highest BCUT2D eigenvalue weighted by Crippen LogP contribution is 2.37. The van der Waals surface area contributed by atoms with Crippen molar-refractivity contribution >= 4 is 29.5 Å². The lowest BCUT2D eigenvalue weighted by Crippen LogP contribution is -2.29. The molecule has 0 aliphatic heterocycles. The number of nitrogens with one attached hydrogen (secondary N) is 1. The van der Waals surface area contributed by atoms with Crippen molar-refractivity contribution in [2.45, 2.75) is 44.6 Å². The average Bonchev–Trinajstić information content (AvgIpc) is 2.84. The summed E-state index contributed by atoms with van der Waals surface area (Å²) in [6.45, 7) is 8.05. The van der Waals surface area contributed by atoms with E-state index in [0.29, 0.717) is 19.5 Å². The normalized spacial score (nSPS) is 12.1. The molecule has 0 saturated carbocycles. The fourth-order valence-corrected chi connectivity index (χ4v) is 5.13. The number of hydrogen-bond donors (Lipinski definition) is 2. The van der Waals surface area contributed by atoms with E-state index in [2.05, 4.69) is 64.9 Å². The first-order chi connectivity index (χ1) is 16.4. The fourth-order valence-electron chi connectivity index (χ4n) is 3.76. The van der Waals surface area contributed by atoms with Crippen LogP contribution in [0, 0.1) is 13.8 Å². The quantitative estimate of drug-likeness (QED) is 0.321. The summed E-state index contributed by atoms with van der Waals surface area (Å²) in [4.78, 5) is 17.4. The van der Waals surface area contributed by atoms with Crippen LogP contribution in [0.3, 0.4) is 0 Å².